The van der Waals surface area contributed by atoms with Crippen molar-refractivity contribution >= 4 is 11.5 Å². The molecule has 1 saturated heterocycles. The highest BCUT2D eigenvalue weighted by Crippen LogP contribution is 2.21. The van der Waals surface area contributed by atoms with Crippen molar-refractivity contribution < 1.29 is 0 Å². The third-order valence-electron chi connectivity index (χ3n) is 2.83. The lowest BCUT2D eigenvalue weighted by molar-refractivity contribution is 0.312. The van der Waals surface area contributed by atoms with Crippen molar-refractivity contribution in [1.29, 1.82) is 5.26 Å². The van der Waals surface area contributed by atoms with E-state index >= 15 is 0 Å². The third-order valence-corrected chi connectivity index (χ3v) is 2.83. The minimum atomic E-state index is 0.510. The maximum atomic E-state index is 8.73. The monoisotopic (exact) mass is 217 g/mol. The lowest BCUT2D eigenvalue weighted by Gasteiger charge is -2.33. The van der Waals surface area contributed by atoms with Crippen LogP contribution in [0, 0.1) is 11.3 Å². The van der Waals surface area contributed by atoms with Gasteiger partial charge in [-0.05, 0) is 13.1 Å². The molecule has 0 bridgehead atoms. The van der Waals surface area contributed by atoms with Crippen LogP contribution < -0.4 is 10.6 Å². The number of hydrogen-bond acceptors (Lipinski definition) is 5. The molecule has 0 aliphatic carbocycles. The average Bonchev–Trinajstić information content (AvgIpc) is 2.30. The lowest BCUT2D eigenvalue weighted by Crippen LogP contribution is -2.45. The molecule has 1 fully saturated rings. The van der Waals surface area contributed by atoms with E-state index in [2.05, 4.69) is 21.8 Å². The molecule has 0 aromatic carbocycles. The van der Waals surface area contributed by atoms with E-state index in [1.54, 1.807) is 12.3 Å². The first-order chi connectivity index (χ1) is 7.70. The third kappa shape index (κ3) is 2.07. The van der Waals surface area contributed by atoms with Crippen LogP contribution >= 0.6 is 0 Å². The minimum Gasteiger partial charge on any atom is -0.396 e. The summed E-state index contributed by atoms with van der Waals surface area (Å²) in [5.41, 5.74) is 6.99. The maximum absolute atomic E-state index is 8.73. The van der Waals surface area contributed by atoms with Crippen LogP contribution in [0.1, 0.15) is 5.56 Å². The van der Waals surface area contributed by atoms with Crippen LogP contribution in [0.2, 0.25) is 0 Å². The molecule has 2 heterocycles. The van der Waals surface area contributed by atoms with Gasteiger partial charge in [-0.3, -0.25) is 0 Å². The molecule has 1 aliphatic rings. The van der Waals surface area contributed by atoms with Gasteiger partial charge in [0.15, 0.2) is 5.82 Å². The van der Waals surface area contributed by atoms with Gasteiger partial charge in [-0.2, -0.15) is 5.26 Å². The number of nitriles is 1. The van der Waals surface area contributed by atoms with E-state index in [4.69, 9.17) is 11.0 Å². The molecular weight excluding hydrogens is 202 g/mol. The highest BCUT2D eigenvalue weighted by Gasteiger charge is 2.17. The number of hydrogen-bond donors (Lipinski definition) is 1. The number of nitrogen functional groups attached to an aromatic ring is 1. The second-order valence-corrected chi connectivity index (χ2v) is 4.04. The quantitative estimate of drug-likeness (QED) is 0.732. The van der Waals surface area contributed by atoms with Crippen molar-refractivity contribution in [2.75, 3.05) is 43.9 Å². The predicted octanol–water partition coefficient (Wildman–Crippen LogP) is 0.287. The molecule has 5 nitrogen and oxygen atoms in total. The van der Waals surface area contributed by atoms with Gasteiger partial charge in [-0.25, -0.2) is 4.98 Å². The van der Waals surface area contributed by atoms with Gasteiger partial charge >= 0.3 is 0 Å². The van der Waals surface area contributed by atoms with E-state index in [1.807, 2.05) is 6.07 Å². The van der Waals surface area contributed by atoms with Gasteiger partial charge in [0.2, 0.25) is 0 Å². The number of anilines is 2. The molecular formula is C11H15N5. The van der Waals surface area contributed by atoms with Crippen LogP contribution in [0.4, 0.5) is 11.5 Å². The number of rotatable bonds is 1. The van der Waals surface area contributed by atoms with Crippen LogP contribution in [0.25, 0.3) is 0 Å². The van der Waals surface area contributed by atoms with Crippen molar-refractivity contribution in [3.05, 3.63) is 17.8 Å². The number of piperazine rings is 1. The predicted molar refractivity (Wildman–Crippen MR) is 63.1 cm³/mol. The van der Waals surface area contributed by atoms with Crippen molar-refractivity contribution in [3.63, 3.8) is 0 Å². The summed E-state index contributed by atoms with van der Waals surface area (Å²) in [7, 11) is 2.10. The summed E-state index contributed by atoms with van der Waals surface area (Å²) in [6, 6.07) is 3.72. The topological polar surface area (TPSA) is 69.2 Å². The molecule has 0 spiro atoms. The summed E-state index contributed by atoms with van der Waals surface area (Å²) in [4.78, 5) is 8.70. The Labute approximate surface area is 95.1 Å². The van der Waals surface area contributed by atoms with Crippen molar-refractivity contribution in [2.24, 2.45) is 0 Å². The summed E-state index contributed by atoms with van der Waals surface area (Å²) >= 11 is 0. The molecule has 0 unspecified atom stereocenters. The highest BCUT2D eigenvalue weighted by atomic mass is 15.3. The van der Waals surface area contributed by atoms with E-state index in [9.17, 15) is 0 Å². The Morgan fingerprint density at radius 1 is 1.38 bits per heavy atom. The molecule has 0 atom stereocenters. The molecule has 2 rings (SSSR count). The fourth-order valence-corrected chi connectivity index (χ4v) is 1.82. The van der Waals surface area contributed by atoms with Crippen LogP contribution in [-0.2, 0) is 0 Å². The molecule has 16 heavy (non-hydrogen) atoms. The van der Waals surface area contributed by atoms with Gasteiger partial charge in [0.25, 0.3) is 0 Å². The number of aromatic nitrogens is 1. The fraction of sp³-hybridized carbons (Fsp3) is 0.455. The zero-order chi connectivity index (χ0) is 11.5. The highest BCUT2D eigenvalue weighted by molar-refractivity contribution is 5.64. The number of nitrogens with two attached hydrogens (primary N) is 1. The van der Waals surface area contributed by atoms with E-state index in [1.165, 1.54) is 0 Å². The molecule has 1 aliphatic heterocycles. The SMILES string of the molecule is CN1CCN(c2ncc(C#N)cc2N)CC1. The Morgan fingerprint density at radius 3 is 2.62 bits per heavy atom. The zero-order valence-electron chi connectivity index (χ0n) is 9.35. The van der Waals surface area contributed by atoms with E-state index < -0.39 is 0 Å². The fourth-order valence-electron chi connectivity index (χ4n) is 1.82. The molecule has 5 heteroatoms. The number of likely N-dealkylation sites (N-methyl/N-ethyl adjacent to an activating group) is 1. The van der Waals surface area contributed by atoms with Gasteiger partial charge in [0.1, 0.15) is 6.07 Å². The summed E-state index contributed by atoms with van der Waals surface area (Å²) in [6.45, 7) is 3.89. The molecule has 0 saturated carbocycles. The first kappa shape index (κ1) is 10.7. The number of nitrogens with zero attached hydrogens (tertiary/aromatic N) is 4. The summed E-state index contributed by atoms with van der Waals surface area (Å²) in [5.74, 6) is 0.798. The van der Waals surface area contributed by atoms with Gasteiger partial charge in [0.05, 0.1) is 11.3 Å². The van der Waals surface area contributed by atoms with E-state index in [0.717, 1.165) is 32.0 Å². The van der Waals surface area contributed by atoms with Crippen molar-refractivity contribution in [2.45, 2.75) is 0 Å². The summed E-state index contributed by atoms with van der Waals surface area (Å²) in [5, 5.41) is 8.73. The smallest absolute Gasteiger partial charge is 0.151 e. The van der Waals surface area contributed by atoms with E-state index in [-0.39, 0.29) is 0 Å². The van der Waals surface area contributed by atoms with Crippen molar-refractivity contribution in [1.82, 2.24) is 9.88 Å². The summed E-state index contributed by atoms with van der Waals surface area (Å²) in [6.07, 6.45) is 1.57. The van der Waals surface area contributed by atoms with Crippen LogP contribution in [-0.4, -0.2) is 43.1 Å². The largest absolute Gasteiger partial charge is 0.396 e. The van der Waals surface area contributed by atoms with E-state index in [0.29, 0.717) is 11.3 Å². The molecule has 0 amide bonds. The Bertz CT molecular complexity index is 415. The lowest BCUT2D eigenvalue weighted by atomic mass is 10.2. The normalized spacial score (nSPS) is 17.1. The van der Waals surface area contributed by atoms with Crippen LogP contribution in [0.5, 0.6) is 0 Å². The Kier molecular flexibility index (Phi) is 2.93. The maximum Gasteiger partial charge on any atom is 0.151 e. The second kappa shape index (κ2) is 4.37. The first-order valence-corrected chi connectivity index (χ1v) is 5.30. The second-order valence-electron chi connectivity index (χ2n) is 4.04. The molecule has 1 aromatic heterocycles. The van der Waals surface area contributed by atoms with Gasteiger partial charge < -0.3 is 15.5 Å². The van der Waals surface area contributed by atoms with Crippen molar-refractivity contribution in [3.8, 4) is 6.07 Å². The molecule has 2 N–H and O–H groups in total. The first-order valence-electron chi connectivity index (χ1n) is 5.30. The Morgan fingerprint density at radius 2 is 2.06 bits per heavy atom. The molecule has 1 aromatic rings. The minimum absolute atomic E-state index is 0.510. The summed E-state index contributed by atoms with van der Waals surface area (Å²) < 4.78 is 0. The van der Waals surface area contributed by atoms with Crippen LogP contribution in [0.15, 0.2) is 12.3 Å². The van der Waals surface area contributed by atoms with Gasteiger partial charge in [-0.1, -0.05) is 0 Å². The number of pyridine rings is 1. The zero-order valence-corrected chi connectivity index (χ0v) is 9.35. The Hall–Kier alpha value is -1.80. The van der Waals surface area contributed by atoms with Crippen LogP contribution in [0.3, 0.4) is 0 Å². The Balaban J connectivity index is 2.18. The molecule has 0 radical (unpaired) electrons. The standard InChI is InChI=1S/C11H15N5/c1-15-2-4-16(5-3-15)11-10(13)6-9(7-12)8-14-11/h6,8H,2-5,13H2,1H3. The van der Waals surface area contributed by atoms with Gasteiger partial charge in [0, 0.05) is 32.4 Å². The van der Waals surface area contributed by atoms with Gasteiger partial charge in [-0.15, -0.1) is 0 Å². The average molecular weight is 217 g/mol. The molecule has 84 valence electrons.